The molecule has 0 aliphatic heterocycles. The van der Waals surface area contributed by atoms with Crippen LogP contribution in [0.15, 0.2) is 24.3 Å². The summed E-state index contributed by atoms with van der Waals surface area (Å²) >= 11 is 0. The standard InChI is InChI=1S/C11H12O2/c1-11(6-9(11)7-12)8-2-4-10(13)5-3-8/h2-5,7,9,13H,6H2,1H3. The van der Waals surface area contributed by atoms with Crippen LogP contribution in [0.1, 0.15) is 18.9 Å². The Morgan fingerprint density at radius 3 is 2.54 bits per heavy atom. The van der Waals surface area contributed by atoms with Gasteiger partial charge >= 0.3 is 0 Å². The zero-order valence-electron chi connectivity index (χ0n) is 7.53. The van der Waals surface area contributed by atoms with Crippen molar-refractivity contribution in [3.8, 4) is 5.75 Å². The third-order valence-corrected chi connectivity index (χ3v) is 2.99. The lowest BCUT2D eigenvalue weighted by molar-refractivity contribution is -0.109. The van der Waals surface area contributed by atoms with E-state index in [0.29, 0.717) is 0 Å². The highest BCUT2D eigenvalue weighted by molar-refractivity contribution is 5.64. The van der Waals surface area contributed by atoms with Crippen molar-refractivity contribution in [1.29, 1.82) is 0 Å². The van der Waals surface area contributed by atoms with Crippen molar-refractivity contribution in [2.75, 3.05) is 0 Å². The highest BCUT2D eigenvalue weighted by Gasteiger charge is 2.50. The van der Waals surface area contributed by atoms with Crippen LogP contribution in [0.3, 0.4) is 0 Å². The van der Waals surface area contributed by atoms with Crippen molar-refractivity contribution < 1.29 is 9.90 Å². The van der Waals surface area contributed by atoms with Gasteiger partial charge in [-0.15, -0.1) is 0 Å². The van der Waals surface area contributed by atoms with Crippen LogP contribution in [0.25, 0.3) is 0 Å². The van der Waals surface area contributed by atoms with Crippen LogP contribution in [0, 0.1) is 5.92 Å². The van der Waals surface area contributed by atoms with E-state index in [1.54, 1.807) is 12.1 Å². The van der Waals surface area contributed by atoms with Crippen LogP contribution in [-0.4, -0.2) is 11.4 Å². The Balaban J connectivity index is 2.27. The van der Waals surface area contributed by atoms with Gasteiger partial charge in [0.25, 0.3) is 0 Å². The number of carbonyl (C=O) groups excluding carboxylic acids is 1. The monoisotopic (exact) mass is 176 g/mol. The summed E-state index contributed by atoms with van der Waals surface area (Å²) in [5.41, 5.74) is 1.16. The van der Waals surface area contributed by atoms with E-state index in [0.717, 1.165) is 18.3 Å². The van der Waals surface area contributed by atoms with Crippen molar-refractivity contribution in [2.24, 2.45) is 5.92 Å². The summed E-state index contributed by atoms with van der Waals surface area (Å²) in [7, 11) is 0. The molecule has 1 aliphatic carbocycles. The maximum Gasteiger partial charge on any atom is 0.123 e. The number of phenols is 1. The maximum atomic E-state index is 10.6. The smallest absolute Gasteiger partial charge is 0.123 e. The average Bonchev–Trinajstić information content (AvgIpc) is 2.80. The summed E-state index contributed by atoms with van der Waals surface area (Å²) in [6, 6.07) is 7.11. The highest BCUT2D eigenvalue weighted by Crippen LogP contribution is 2.52. The second kappa shape index (κ2) is 2.59. The topological polar surface area (TPSA) is 37.3 Å². The first-order chi connectivity index (χ1) is 6.16. The van der Waals surface area contributed by atoms with Crippen LogP contribution in [0.4, 0.5) is 0 Å². The number of rotatable bonds is 2. The van der Waals surface area contributed by atoms with Gasteiger partial charge in [0.1, 0.15) is 12.0 Å². The molecule has 0 saturated heterocycles. The Kier molecular flexibility index (Phi) is 1.65. The van der Waals surface area contributed by atoms with E-state index in [1.165, 1.54) is 0 Å². The third-order valence-electron chi connectivity index (χ3n) is 2.99. The SMILES string of the molecule is CC1(c2ccc(O)cc2)CC1C=O. The van der Waals surface area contributed by atoms with Gasteiger partial charge in [-0.1, -0.05) is 19.1 Å². The summed E-state index contributed by atoms with van der Waals surface area (Å²) in [5, 5.41) is 9.10. The van der Waals surface area contributed by atoms with Gasteiger partial charge in [-0.05, 0) is 24.1 Å². The minimum Gasteiger partial charge on any atom is -0.508 e. The van der Waals surface area contributed by atoms with Gasteiger partial charge in [0.15, 0.2) is 0 Å². The van der Waals surface area contributed by atoms with E-state index in [2.05, 4.69) is 6.92 Å². The van der Waals surface area contributed by atoms with Crippen molar-refractivity contribution in [3.05, 3.63) is 29.8 Å². The second-order valence-corrected chi connectivity index (χ2v) is 3.91. The summed E-state index contributed by atoms with van der Waals surface area (Å²) in [6.07, 6.45) is 1.95. The first kappa shape index (κ1) is 8.30. The molecule has 13 heavy (non-hydrogen) atoms. The molecule has 1 aliphatic rings. The molecule has 1 saturated carbocycles. The molecular formula is C11H12O2. The van der Waals surface area contributed by atoms with Gasteiger partial charge in [-0.3, -0.25) is 0 Å². The van der Waals surface area contributed by atoms with Gasteiger partial charge in [-0.2, -0.15) is 0 Å². The van der Waals surface area contributed by atoms with E-state index in [9.17, 15) is 4.79 Å². The molecule has 1 fully saturated rings. The Bertz CT molecular complexity index is 328. The summed E-state index contributed by atoms with van der Waals surface area (Å²) in [4.78, 5) is 10.6. The van der Waals surface area contributed by atoms with Gasteiger partial charge in [-0.25, -0.2) is 0 Å². The number of hydrogen-bond acceptors (Lipinski definition) is 2. The van der Waals surface area contributed by atoms with Gasteiger partial charge in [0.05, 0.1) is 0 Å². The van der Waals surface area contributed by atoms with Crippen LogP contribution >= 0.6 is 0 Å². The fraction of sp³-hybridized carbons (Fsp3) is 0.364. The van der Waals surface area contributed by atoms with Crippen LogP contribution < -0.4 is 0 Å². The lowest BCUT2D eigenvalue weighted by atomic mass is 9.96. The number of aromatic hydroxyl groups is 1. The third kappa shape index (κ3) is 1.22. The van der Waals surface area contributed by atoms with Crippen molar-refractivity contribution in [3.63, 3.8) is 0 Å². The molecule has 2 nitrogen and oxygen atoms in total. The molecule has 0 amide bonds. The highest BCUT2D eigenvalue weighted by atomic mass is 16.3. The minimum absolute atomic E-state index is 0.0233. The molecule has 68 valence electrons. The summed E-state index contributed by atoms with van der Waals surface area (Å²) in [5.74, 6) is 0.438. The Morgan fingerprint density at radius 2 is 2.08 bits per heavy atom. The molecule has 0 radical (unpaired) electrons. The molecular weight excluding hydrogens is 164 g/mol. The van der Waals surface area contributed by atoms with Crippen molar-refractivity contribution >= 4 is 6.29 Å². The molecule has 0 bridgehead atoms. The molecule has 0 spiro atoms. The summed E-state index contributed by atoms with van der Waals surface area (Å²) < 4.78 is 0. The average molecular weight is 176 g/mol. The number of phenolic OH excluding ortho intramolecular Hbond substituents is 1. The lowest BCUT2D eigenvalue weighted by Gasteiger charge is -2.09. The van der Waals surface area contributed by atoms with Crippen molar-refractivity contribution in [2.45, 2.75) is 18.8 Å². The van der Waals surface area contributed by atoms with Gasteiger partial charge < -0.3 is 9.90 Å². The maximum absolute atomic E-state index is 10.6. The molecule has 2 atom stereocenters. The summed E-state index contributed by atoms with van der Waals surface area (Å²) in [6.45, 7) is 2.08. The van der Waals surface area contributed by atoms with Crippen LogP contribution in [0.5, 0.6) is 5.75 Å². The first-order valence-corrected chi connectivity index (χ1v) is 4.41. The second-order valence-electron chi connectivity index (χ2n) is 3.91. The van der Waals surface area contributed by atoms with Crippen LogP contribution in [-0.2, 0) is 10.2 Å². The zero-order chi connectivity index (χ0) is 9.47. The molecule has 1 aromatic carbocycles. The first-order valence-electron chi connectivity index (χ1n) is 4.41. The number of aldehydes is 1. The molecule has 2 unspecified atom stereocenters. The normalized spacial score (nSPS) is 31.3. The van der Waals surface area contributed by atoms with E-state index < -0.39 is 0 Å². The van der Waals surface area contributed by atoms with Crippen molar-refractivity contribution in [1.82, 2.24) is 0 Å². The Labute approximate surface area is 77.2 Å². The predicted molar refractivity (Wildman–Crippen MR) is 49.6 cm³/mol. The molecule has 0 heterocycles. The lowest BCUT2D eigenvalue weighted by Crippen LogP contribution is -2.04. The quantitative estimate of drug-likeness (QED) is 0.698. The fourth-order valence-corrected chi connectivity index (χ4v) is 1.77. The fourth-order valence-electron chi connectivity index (χ4n) is 1.77. The zero-order valence-corrected chi connectivity index (χ0v) is 7.53. The minimum atomic E-state index is 0.0233. The number of hydrogen-bond donors (Lipinski definition) is 1. The molecule has 0 aromatic heterocycles. The molecule has 1 N–H and O–H groups in total. The number of carbonyl (C=O) groups is 1. The van der Waals surface area contributed by atoms with Gasteiger partial charge in [0.2, 0.25) is 0 Å². The Hall–Kier alpha value is -1.31. The van der Waals surface area contributed by atoms with Crippen LogP contribution in [0.2, 0.25) is 0 Å². The van der Waals surface area contributed by atoms with E-state index in [-0.39, 0.29) is 17.1 Å². The molecule has 2 rings (SSSR count). The number of benzene rings is 1. The molecule has 1 aromatic rings. The Morgan fingerprint density at radius 1 is 1.46 bits per heavy atom. The van der Waals surface area contributed by atoms with Gasteiger partial charge in [0, 0.05) is 11.3 Å². The van der Waals surface area contributed by atoms with E-state index >= 15 is 0 Å². The van der Waals surface area contributed by atoms with E-state index in [4.69, 9.17) is 5.11 Å². The van der Waals surface area contributed by atoms with E-state index in [1.807, 2.05) is 12.1 Å². The molecule has 2 heteroatoms. The largest absolute Gasteiger partial charge is 0.508 e. The predicted octanol–water partition coefficient (Wildman–Crippen LogP) is 1.87.